The summed E-state index contributed by atoms with van der Waals surface area (Å²) in [5.41, 5.74) is -0.783. The molecule has 0 heterocycles. The van der Waals surface area contributed by atoms with Crippen molar-refractivity contribution < 1.29 is 23.0 Å². The van der Waals surface area contributed by atoms with Gasteiger partial charge in [0.1, 0.15) is 0 Å². The molecule has 2 N–H and O–H groups in total. The van der Waals surface area contributed by atoms with E-state index in [2.05, 4.69) is 10.1 Å². The first kappa shape index (κ1) is 14.6. The molecular formula is C12H16F3NO2. The van der Waals surface area contributed by atoms with Gasteiger partial charge in [0.2, 0.25) is 0 Å². The first-order valence-corrected chi connectivity index (χ1v) is 5.54. The van der Waals surface area contributed by atoms with Crippen LogP contribution in [0, 0.1) is 0 Å². The summed E-state index contributed by atoms with van der Waals surface area (Å²) in [7, 11) is 0. The number of hydrogen-bond donors (Lipinski definition) is 2. The van der Waals surface area contributed by atoms with Crippen molar-refractivity contribution in [3.8, 4) is 5.75 Å². The monoisotopic (exact) mass is 263 g/mol. The van der Waals surface area contributed by atoms with E-state index in [1.165, 1.54) is 18.2 Å². The van der Waals surface area contributed by atoms with E-state index in [-0.39, 0.29) is 18.0 Å². The van der Waals surface area contributed by atoms with Crippen molar-refractivity contribution in [3.05, 3.63) is 24.3 Å². The minimum absolute atomic E-state index is 0.141. The zero-order valence-electron chi connectivity index (χ0n) is 10.2. The summed E-state index contributed by atoms with van der Waals surface area (Å²) >= 11 is 0. The number of nitrogens with one attached hydrogen (secondary N) is 1. The summed E-state index contributed by atoms with van der Waals surface area (Å²) < 4.78 is 40.4. The Morgan fingerprint density at radius 3 is 2.44 bits per heavy atom. The fraction of sp³-hybridized carbons (Fsp3) is 0.500. The van der Waals surface area contributed by atoms with E-state index in [0.717, 1.165) is 0 Å². The van der Waals surface area contributed by atoms with E-state index in [1.807, 2.05) is 0 Å². The van der Waals surface area contributed by atoms with Crippen LogP contribution in [0.2, 0.25) is 0 Å². The highest BCUT2D eigenvalue weighted by Gasteiger charge is 2.32. The molecule has 1 aromatic rings. The zero-order valence-corrected chi connectivity index (χ0v) is 10.2. The van der Waals surface area contributed by atoms with Gasteiger partial charge in [0.05, 0.1) is 11.3 Å². The molecule has 102 valence electrons. The van der Waals surface area contributed by atoms with Crippen LogP contribution in [0.15, 0.2) is 24.3 Å². The SMILES string of the molecule is CCC(C)(O)CNc1ccccc1OC(F)(F)F. The minimum atomic E-state index is -4.73. The van der Waals surface area contributed by atoms with Gasteiger partial charge in [0.15, 0.2) is 5.75 Å². The average Bonchev–Trinajstić information content (AvgIpc) is 2.26. The van der Waals surface area contributed by atoms with E-state index in [9.17, 15) is 18.3 Å². The number of para-hydroxylation sites is 2. The Labute approximate surface area is 104 Å². The lowest BCUT2D eigenvalue weighted by Crippen LogP contribution is -2.32. The third-order valence-electron chi connectivity index (χ3n) is 2.53. The Morgan fingerprint density at radius 2 is 1.89 bits per heavy atom. The summed E-state index contributed by atoms with van der Waals surface area (Å²) in [5.74, 6) is -0.308. The lowest BCUT2D eigenvalue weighted by Gasteiger charge is -2.23. The van der Waals surface area contributed by atoms with Crippen LogP contribution in [0.5, 0.6) is 5.75 Å². The molecule has 0 aromatic heterocycles. The maximum Gasteiger partial charge on any atom is 0.573 e. The number of alkyl halides is 3. The van der Waals surface area contributed by atoms with Gasteiger partial charge in [-0.15, -0.1) is 13.2 Å². The smallest absolute Gasteiger partial charge is 0.404 e. The Hall–Kier alpha value is -1.43. The minimum Gasteiger partial charge on any atom is -0.404 e. The molecule has 0 radical (unpaired) electrons. The largest absolute Gasteiger partial charge is 0.573 e. The van der Waals surface area contributed by atoms with Gasteiger partial charge in [0.25, 0.3) is 0 Å². The highest BCUT2D eigenvalue weighted by molar-refractivity contribution is 5.56. The summed E-state index contributed by atoms with van der Waals surface area (Å²) in [4.78, 5) is 0. The number of hydrogen-bond acceptors (Lipinski definition) is 3. The maximum absolute atomic E-state index is 12.2. The van der Waals surface area contributed by atoms with Gasteiger partial charge in [-0.25, -0.2) is 0 Å². The highest BCUT2D eigenvalue weighted by atomic mass is 19.4. The first-order chi connectivity index (χ1) is 8.23. The number of ether oxygens (including phenoxy) is 1. The fourth-order valence-electron chi connectivity index (χ4n) is 1.24. The predicted molar refractivity (Wildman–Crippen MR) is 62.5 cm³/mol. The van der Waals surface area contributed by atoms with E-state index < -0.39 is 12.0 Å². The normalized spacial score (nSPS) is 15.0. The quantitative estimate of drug-likeness (QED) is 0.857. The Bertz CT molecular complexity index is 391. The number of benzene rings is 1. The van der Waals surface area contributed by atoms with Gasteiger partial charge in [-0.1, -0.05) is 19.1 Å². The number of aliphatic hydroxyl groups is 1. The maximum atomic E-state index is 12.2. The molecule has 1 rings (SSSR count). The third kappa shape index (κ3) is 4.83. The van der Waals surface area contributed by atoms with Gasteiger partial charge in [-0.05, 0) is 25.5 Å². The molecule has 1 atom stereocenters. The second kappa shape index (κ2) is 5.48. The molecule has 0 spiro atoms. The Kier molecular flexibility index (Phi) is 4.45. The second-order valence-corrected chi connectivity index (χ2v) is 4.25. The van der Waals surface area contributed by atoms with Crippen molar-refractivity contribution in [2.45, 2.75) is 32.2 Å². The topological polar surface area (TPSA) is 41.5 Å². The standard InChI is InChI=1S/C12H16F3NO2/c1-3-11(2,17)8-16-9-6-4-5-7-10(9)18-12(13,14)15/h4-7,16-17H,3,8H2,1-2H3. The molecule has 0 bridgehead atoms. The van der Waals surface area contributed by atoms with Crippen LogP contribution in [-0.4, -0.2) is 23.6 Å². The van der Waals surface area contributed by atoms with Gasteiger partial charge in [-0.3, -0.25) is 0 Å². The van der Waals surface area contributed by atoms with E-state index in [0.29, 0.717) is 6.42 Å². The molecule has 1 unspecified atom stereocenters. The van der Waals surface area contributed by atoms with E-state index in [4.69, 9.17) is 0 Å². The molecule has 0 saturated carbocycles. The van der Waals surface area contributed by atoms with Crippen molar-refractivity contribution in [2.24, 2.45) is 0 Å². The third-order valence-corrected chi connectivity index (χ3v) is 2.53. The molecule has 6 heteroatoms. The van der Waals surface area contributed by atoms with Gasteiger partial charge in [0, 0.05) is 6.54 Å². The van der Waals surface area contributed by atoms with Crippen LogP contribution in [0.4, 0.5) is 18.9 Å². The molecule has 3 nitrogen and oxygen atoms in total. The fourth-order valence-corrected chi connectivity index (χ4v) is 1.24. The second-order valence-electron chi connectivity index (χ2n) is 4.25. The van der Waals surface area contributed by atoms with Crippen LogP contribution in [-0.2, 0) is 0 Å². The number of anilines is 1. The van der Waals surface area contributed by atoms with Crippen LogP contribution in [0.25, 0.3) is 0 Å². The average molecular weight is 263 g/mol. The van der Waals surface area contributed by atoms with Crippen LogP contribution >= 0.6 is 0 Å². The molecule has 0 amide bonds. The summed E-state index contributed by atoms with van der Waals surface area (Å²) in [6, 6.07) is 5.72. The molecule has 0 fully saturated rings. The molecule has 0 aliphatic carbocycles. The molecule has 1 aromatic carbocycles. The highest BCUT2D eigenvalue weighted by Crippen LogP contribution is 2.30. The molecule has 18 heavy (non-hydrogen) atoms. The summed E-state index contributed by atoms with van der Waals surface area (Å²) in [6.07, 6.45) is -4.24. The van der Waals surface area contributed by atoms with Crippen molar-refractivity contribution in [2.75, 3.05) is 11.9 Å². The van der Waals surface area contributed by atoms with Crippen LogP contribution in [0.3, 0.4) is 0 Å². The van der Waals surface area contributed by atoms with Crippen molar-refractivity contribution in [1.82, 2.24) is 0 Å². The van der Waals surface area contributed by atoms with E-state index >= 15 is 0 Å². The van der Waals surface area contributed by atoms with E-state index in [1.54, 1.807) is 19.9 Å². The number of halogens is 3. The van der Waals surface area contributed by atoms with Crippen molar-refractivity contribution in [3.63, 3.8) is 0 Å². The number of rotatable bonds is 5. The Balaban J connectivity index is 2.77. The van der Waals surface area contributed by atoms with Crippen LogP contribution in [0.1, 0.15) is 20.3 Å². The summed E-state index contributed by atoms with van der Waals surface area (Å²) in [6.45, 7) is 3.54. The molecule has 0 aliphatic heterocycles. The van der Waals surface area contributed by atoms with Gasteiger partial charge < -0.3 is 15.2 Å². The lowest BCUT2D eigenvalue weighted by molar-refractivity contribution is -0.274. The first-order valence-electron chi connectivity index (χ1n) is 5.54. The predicted octanol–water partition coefficient (Wildman–Crippen LogP) is 3.16. The summed E-state index contributed by atoms with van der Waals surface area (Å²) in [5, 5.41) is 12.5. The van der Waals surface area contributed by atoms with Crippen molar-refractivity contribution >= 4 is 5.69 Å². The zero-order chi connectivity index (χ0) is 13.8. The van der Waals surface area contributed by atoms with Gasteiger partial charge >= 0.3 is 6.36 Å². The molecular weight excluding hydrogens is 247 g/mol. The Morgan fingerprint density at radius 1 is 1.28 bits per heavy atom. The lowest BCUT2D eigenvalue weighted by atomic mass is 10.0. The molecule has 0 saturated heterocycles. The van der Waals surface area contributed by atoms with Crippen molar-refractivity contribution in [1.29, 1.82) is 0 Å². The van der Waals surface area contributed by atoms with Gasteiger partial charge in [-0.2, -0.15) is 0 Å². The molecule has 0 aliphatic rings. The van der Waals surface area contributed by atoms with Crippen LogP contribution < -0.4 is 10.1 Å².